The summed E-state index contributed by atoms with van der Waals surface area (Å²) in [4.78, 5) is 14.1. The summed E-state index contributed by atoms with van der Waals surface area (Å²) in [5.74, 6) is 0.519. The molecule has 0 aliphatic rings. The molecule has 0 bridgehead atoms. The first-order valence-corrected chi connectivity index (χ1v) is 4.38. The Hall–Kier alpha value is -1.84. The van der Waals surface area contributed by atoms with Crippen LogP contribution in [0.3, 0.4) is 0 Å². The molecule has 0 aliphatic heterocycles. The van der Waals surface area contributed by atoms with Crippen molar-refractivity contribution in [1.29, 1.82) is 0 Å². The van der Waals surface area contributed by atoms with E-state index < -0.39 is 0 Å². The fourth-order valence-corrected chi connectivity index (χ4v) is 0.983. The van der Waals surface area contributed by atoms with Crippen LogP contribution < -0.4 is 11.1 Å². The van der Waals surface area contributed by atoms with Crippen molar-refractivity contribution < 1.29 is 4.79 Å². The Morgan fingerprint density at radius 3 is 2.79 bits per heavy atom. The van der Waals surface area contributed by atoms with Gasteiger partial charge in [-0.25, -0.2) is 4.99 Å². The highest BCUT2D eigenvalue weighted by molar-refractivity contribution is 5.83. The summed E-state index contributed by atoms with van der Waals surface area (Å²) >= 11 is 0. The van der Waals surface area contributed by atoms with Crippen molar-refractivity contribution in [1.82, 2.24) is 5.32 Å². The summed E-state index contributed by atoms with van der Waals surface area (Å²) in [6.45, 7) is 0.520. The van der Waals surface area contributed by atoms with Crippen LogP contribution in [0, 0.1) is 0 Å². The topological polar surface area (TPSA) is 67.5 Å². The van der Waals surface area contributed by atoms with Crippen LogP contribution in [0.15, 0.2) is 35.3 Å². The molecule has 0 aromatic heterocycles. The van der Waals surface area contributed by atoms with E-state index in [4.69, 9.17) is 5.73 Å². The maximum absolute atomic E-state index is 9.95. The van der Waals surface area contributed by atoms with E-state index in [9.17, 15) is 4.79 Å². The van der Waals surface area contributed by atoms with E-state index in [1.807, 2.05) is 30.3 Å². The molecule has 0 heterocycles. The number of hydrogen-bond donors (Lipinski definition) is 2. The second-order valence-electron chi connectivity index (χ2n) is 2.76. The average molecular weight is 191 g/mol. The van der Waals surface area contributed by atoms with Crippen LogP contribution in [0.4, 0.5) is 5.69 Å². The SMILES string of the molecule is NC(CCNC=O)=Nc1ccccc1. The van der Waals surface area contributed by atoms with E-state index >= 15 is 0 Å². The molecule has 1 aromatic rings. The zero-order valence-corrected chi connectivity index (χ0v) is 7.81. The van der Waals surface area contributed by atoms with E-state index in [2.05, 4.69) is 10.3 Å². The maximum Gasteiger partial charge on any atom is 0.207 e. The Balaban J connectivity index is 2.47. The number of amides is 1. The molecule has 1 aromatic carbocycles. The molecule has 0 saturated carbocycles. The predicted molar refractivity (Wildman–Crippen MR) is 56.4 cm³/mol. The van der Waals surface area contributed by atoms with Crippen molar-refractivity contribution in [2.45, 2.75) is 6.42 Å². The van der Waals surface area contributed by atoms with Crippen molar-refractivity contribution in [3.05, 3.63) is 30.3 Å². The van der Waals surface area contributed by atoms with Gasteiger partial charge < -0.3 is 11.1 Å². The molecule has 0 radical (unpaired) electrons. The Kier molecular flexibility index (Phi) is 4.20. The van der Waals surface area contributed by atoms with Crippen LogP contribution in [0.2, 0.25) is 0 Å². The summed E-state index contributed by atoms with van der Waals surface area (Å²) in [5.41, 5.74) is 6.47. The smallest absolute Gasteiger partial charge is 0.207 e. The maximum atomic E-state index is 9.95. The van der Waals surface area contributed by atoms with E-state index in [0.717, 1.165) is 5.69 Å². The summed E-state index contributed by atoms with van der Waals surface area (Å²) in [6, 6.07) is 9.47. The number of rotatable bonds is 5. The van der Waals surface area contributed by atoms with Gasteiger partial charge in [0.25, 0.3) is 0 Å². The quantitative estimate of drug-likeness (QED) is 0.313. The van der Waals surface area contributed by atoms with Gasteiger partial charge in [0, 0.05) is 13.0 Å². The highest BCUT2D eigenvalue weighted by atomic mass is 16.1. The normalized spacial score (nSPS) is 11.0. The first-order valence-electron chi connectivity index (χ1n) is 4.38. The molecule has 0 unspecified atom stereocenters. The van der Waals surface area contributed by atoms with Crippen LogP contribution >= 0.6 is 0 Å². The van der Waals surface area contributed by atoms with E-state index in [-0.39, 0.29) is 0 Å². The van der Waals surface area contributed by atoms with Crippen LogP contribution in [0.5, 0.6) is 0 Å². The van der Waals surface area contributed by atoms with Crippen LogP contribution in [0.25, 0.3) is 0 Å². The minimum Gasteiger partial charge on any atom is -0.387 e. The molecule has 1 amide bonds. The first-order chi connectivity index (χ1) is 6.83. The molecule has 1 rings (SSSR count). The zero-order valence-electron chi connectivity index (χ0n) is 7.81. The Bertz CT molecular complexity index is 308. The minimum atomic E-state index is 0.519. The van der Waals surface area contributed by atoms with Crippen LogP contribution in [-0.4, -0.2) is 18.8 Å². The van der Waals surface area contributed by atoms with E-state index in [1.54, 1.807) is 0 Å². The van der Waals surface area contributed by atoms with Gasteiger partial charge in [-0.1, -0.05) is 18.2 Å². The van der Waals surface area contributed by atoms with Gasteiger partial charge in [0.15, 0.2) is 0 Å². The molecule has 74 valence electrons. The molecule has 0 saturated heterocycles. The fourth-order valence-electron chi connectivity index (χ4n) is 0.983. The van der Waals surface area contributed by atoms with Gasteiger partial charge in [0.05, 0.1) is 5.69 Å². The molecule has 0 fully saturated rings. The lowest BCUT2D eigenvalue weighted by atomic mass is 10.3. The van der Waals surface area contributed by atoms with Crippen molar-refractivity contribution in [2.75, 3.05) is 6.54 Å². The number of hydrogen-bond acceptors (Lipinski definition) is 2. The van der Waals surface area contributed by atoms with Gasteiger partial charge in [-0.15, -0.1) is 0 Å². The zero-order chi connectivity index (χ0) is 10.2. The highest BCUT2D eigenvalue weighted by Gasteiger charge is 1.92. The number of nitrogens with one attached hydrogen (secondary N) is 1. The second kappa shape index (κ2) is 5.75. The van der Waals surface area contributed by atoms with Crippen LogP contribution in [0.1, 0.15) is 6.42 Å². The number of aliphatic imine (C=N–C) groups is 1. The molecule has 0 aliphatic carbocycles. The van der Waals surface area contributed by atoms with Crippen molar-refractivity contribution >= 4 is 17.9 Å². The Morgan fingerprint density at radius 2 is 2.14 bits per heavy atom. The third-order valence-corrected chi connectivity index (χ3v) is 1.64. The van der Waals surface area contributed by atoms with Gasteiger partial charge in [-0.2, -0.15) is 0 Å². The van der Waals surface area contributed by atoms with Crippen LogP contribution in [-0.2, 0) is 4.79 Å². The third-order valence-electron chi connectivity index (χ3n) is 1.64. The molecular weight excluding hydrogens is 178 g/mol. The van der Waals surface area contributed by atoms with E-state index in [0.29, 0.717) is 25.2 Å². The minimum absolute atomic E-state index is 0.519. The number of nitrogens with two attached hydrogens (primary N) is 1. The number of amidine groups is 1. The van der Waals surface area contributed by atoms with Gasteiger partial charge in [0.1, 0.15) is 5.84 Å². The molecular formula is C10H13N3O. The Labute approximate surface area is 82.8 Å². The van der Waals surface area contributed by atoms with E-state index in [1.165, 1.54) is 0 Å². The van der Waals surface area contributed by atoms with Crippen molar-refractivity contribution in [3.8, 4) is 0 Å². The van der Waals surface area contributed by atoms with Crippen molar-refractivity contribution in [2.24, 2.45) is 10.7 Å². The third kappa shape index (κ3) is 3.71. The second-order valence-corrected chi connectivity index (χ2v) is 2.76. The molecule has 0 atom stereocenters. The lowest BCUT2D eigenvalue weighted by molar-refractivity contribution is -0.109. The largest absolute Gasteiger partial charge is 0.387 e. The Morgan fingerprint density at radius 1 is 1.43 bits per heavy atom. The summed E-state index contributed by atoms with van der Waals surface area (Å²) in [6.07, 6.45) is 1.21. The van der Waals surface area contributed by atoms with Gasteiger partial charge in [-0.3, -0.25) is 4.79 Å². The number of para-hydroxylation sites is 1. The van der Waals surface area contributed by atoms with Gasteiger partial charge in [-0.05, 0) is 12.1 Å². The summed E-state index contributed by atoms with van der Waals surface area (Å²) in [5, 5.41) is 2.52. The number of benzene rings is 1. The fraction of sp³-hybridized carbons (Fsp3) is 0.200. The summed E-state index contributed by atoms with van der Waals surface area (Å²) < 4.78 is 0. The number of nitrogens with zero attached hydrogens (tertiary/aromatic N) is 1. The number of carbonyl (C=O) groups excluding carboxylic acids is 1. The highest BCUT2D eigenvalue weighted by Crippen LogP contribution is 2.09. The lowest BCUT2D eigenvalue weighted by Gasteiger charge is -1.99. The molecule has 14 heavy (non-hydrogen) atoms. The molecule has 3 N–H and O–H groups in total. The predicted octanol–water partition coefficient (Wildman–Crippen LogP) is 0.811. The monoisotopic (exact) mass is 191 g/mol. The lowest BCUT2D eigenvalue weighted by Crippen LogP contribution is -2.20. The van der Waals surface area contributed by atoms with Gasteiger partial charge >= 0.3 is 0 Å². The first kappa shape index (κ1) is 10.2. The molecule has 4 heteroatoms. The van der Waals surface area contributed by atoms with Gasteiger partial charge in [0.2, 0.25) is 6.41 Å². The number of carbonyl (C=O) groups is 1. The molecule has 4 nitrogen and oxygen atoms in total. The summed E-state index contributed by atoms with van der Waals surface area (Å²) in [7, 11) is 0. The standard InChI is InChI=1S/C10H13N3O/c11-10(6-7-12-8-14)13-9-4-2-1-3-5-9/h1-5,8H,6-7H2,(H2,11,13)(H,12,14). The van der Waals surface area contributed by atoms with Crippen molar-refractivity contribution in [3.63, 3.8) is 0 Å². The average Bonchev–Trinajstić information content (AvgIpc) is 2.20. The molecule has 0 spiro atoms.